The minimum absolute atomic E-state index is 0.0635. The quantitative estimate of drug-likeness (QED) is 0.603. The van der Waals surface area contributed by atoms with Gasteiger partial charge in [-0.15, -0.1) is 18.3 Å². The van der Waals surface area contributed by atoms with Gasteiger partial charge in [-0.05, 0) is 12.1 Å². The van der Waals surface area contributed by atoms with Gasteiger partial charge in [-0.3, -0.25) is 4.79 Å². The fourth-order valence-electron chi connectivity index (χ4n) is 2.10. The van der Waals surface area contributed by atoms with E-state index in [9.17, 15) is 4.79 Å². The Hall–Kier alpha value is -1.30. The molecule has 4 nitrogen and oxygen atoms in total. The molecule has 1 aliphatic rings. The number of carbonyl (C=O) groups excluding carboxylic acids is 1. The van der Waals surface area contributed by atoms with Crippen LogP contribution in [0.15, 0.2) is 41.8 Å². The average molecular weight is 293 g/mol. The number of amides is 1. The molecule has 0 saturated carbocycles. The predicted molar refractivity (Wildman–Crippen MR) is 82.4 cm³/mol. The van der Waals surface area contributed by atoms with Gasteiger partial charge >= 0.3 is 0 Å². The van der Waals surface area contributed by atoms with Crippen molar-refractivity contribution in [2.75, 3.05) is 43.9 Å². The van der Waals surface area contributed by atoms with E-state index in [1.165, 1.54) is 4.90 Å². The Kier molecular flexibility index (Phi) is 6.11. The summed E-state index contributed by atoms with van der Waals surface area (Å²) in [5, 5.41) is 3.01. The maximum atomic E-state index is 12.1. The summed E-state index contributed by atoms with van der Waals surface area (Å²) >= 11 is 1.68. The minimum Gasteiger partial charge on any atom is -0.370 e. The van der Waals surface area contributed by atoms with E-state index in [2.05, 4.69) is 11.9 Å². The standard InChI is InChI=1S/C15H20N2O2S/c1-2-11-20-14-6-4-3-5-13(14)16-15(18)12-17-7-9-19-10-8-17/h2-6H,1,7-12H2,(H,16,18)/p+1. The van der Waals surface area contributed by atoms with Crippen molar-refractivity contribution in [3.05, 3.63) is 36.9 Å². The van der Waals surface area contributed by atoms with Crippen molar-refractivity contribution < 1.29 is 14.4 Å². The van der Waals surface area contributed by atoms with Crippen LogP contribution in [0.2, 0.25) is 0 Å². The number of nitrogens with one attached hydrogen (secondary N) is 2. The van der Waals surface area contributed by atoms with Crippen molar-refractivity contribution in [2.45, 2.75) is 4.90 Å². The fraction of sp³-hybridized carbons (Fsp3) is 0.400. The lowest BCUT2D eigenvalue weighted by Gasteiger charge is -2.23. The number of carbonyl (C=O) groups is 1. The highest BCUT2D eigenvalue weighted by Crippen LogP contribution is 2.26. The molecule has 1 aromatic carbocycles. The van der Waals surface area contributed by atoms with Crippen molar-refractivity contribution in [3.63, 3.8) is 0 Å². The van der Waals surface area contributed by atoms with Crippen LogP contribution in [0.4, 0.5) is 5.69 Å². The third-order valence-corrected chi connectivity index (χ3v) is 4.20. The van der Waals surface area contributed by atoms with Gasteiger partial charge in [-0.1, -0.05) is 18.2 Å². The van der Waals surface area contributed by atoms with Gasteiger partial charge in [-0.2, -0.15) is 0 Å². The smallest absolute Gasteiger partial charge is 0.279 e. The second-order valence-electron chi connectivity index (χ2n) is 4.68. The Morgan fingerprint density at radius 3 is 2.90 bits per heavy atom. The lowest BCUT2D eigenvalue weighted by Crippen LogP contribution is -3.15. The molecule has 5 heteroatoms. The molecular formula is C15H21N2O2S+. The summed E-state index contributed by atoms with van der Waals surface area (Å²) in [4.78, 5) is 14.5. The molecule has 2 N–H and O–H groups in total. The maximum absolute atomic E-state index is 12.1. The number of morpholine rings is 1. The number of hydrogen-bond donors (Lipinski definition) is 2. The number of ether oxygens (including phenoxy) is 1. The SMILES string of the molecule is C=CCSc1ccccc1NC(=O)C[NH+]1CCOCC1. The van der Waals surface area contributed by atoms with Gasteiger partial charge in [0.15, 0.2) is 6.54 Å². The fourth-order valence-corrected chi connectivity index (χ4v) is 2.85. The molecule has 1 saturated heterocycles. The van der Waals surface area contributed by atoms with E-state index < -0.39 is 0 Å². The van der Waals surface area contributed by atoms with Gasteiger partial charge in [0.25, 0.3) is 5.91 Å². The Morgan fingerprint density at radius 2 is 2.15 bits per heavy atom. The second-order valence-corrected chi connectivity index (χ2v) is 5.74. The third kappa shape index (κ3) is 4.67. The van der Waals surface area contributed by atoms with Crippen molar-refractivity contribution in [2.24, 2.45) is 0 Å². The van der Waals surface area contributed by atoms with Crippen LogP contribution in [0.25, 0.3) is 0 Å². The zero-order valence-corrected chi connectivity index (χ0v) is 12.4. The van der Waals surface area contributed by atoms with Crippen LogP contribution in [0, 0.1) is 0 Å². The van der Waals surface area contributed by atoms with E-state index in [0.717, 1.165) is 42.6 Å². The molecular weight excluding hydrogens is 272 g/mol. The first kappa shape index (κ1) is 15.1. The van der Waals surface area contributed by atoms with Crippen LogP contribution in [0.1, 0.15) is 0 Å². The predicted octanol–water partition coefficient (Wildman–Crippen LogP) is 0.818. The lowest BCUT2D eigenvalue weighted by molar-refractivity contribution is -0.899. The molecule has 20 heavy (non-hydrogen) atoms. The van der Waals surface area contributed by atoms with Gasteiger partial charge < -0.3 is 15.0 Å². The third-order valence-electron chi connectivity index (χ3n) is 3.13. The van der Waals surface area contributed by atoms with Crippen LogP contribution in [0.3, 0.4) is 0 Å². The molecule has 1 aromatic rings. The molecule has 1 aliphatic heterocycles. The molecule has 0 unspecified atom stereocenters. The Labute approximate surface area is 124 Å². The highest BCUT2D eigenvalue weighted by molar-refractivity contribution is 7.99. The van der Waals surface area contributed by atoms with E-state index in [1.54, 1.807) is 11.8 Å². The molecule has 0 radical (unpaired) electrons. The molecule has 108 valence electrons. The molecule has 0 aromatic heterocycles. The van der Waals surface area contributed by atoms with Gasteiger partial charge in [0, 0.05) is 10.6 Å². The first-order chi connectivity index (χ1) is 9.79. The molecule has 0 atom stereocenters. The normalized spacial score (nSPS) is 15.8. The Balaban J connectivity index is 1.91. The number of thioether (sulfide) groups is 1. The van der Waals surface area contributed by atoms with E-state index in [4.69, 9.17) is 4.74 Å². The zero-order chi connectivity index (χ0) is 14.2. The number of anilines is 1. The van der Waals surface area contributed by atoms with Gasteiger partial charge in [-0.25, -0.2) is 0 Å². The molecule has 1 fully saturated rings. The highest BCUT2D eigenvalue weighted by Gasteiger charge is 2.18. The van der Waals surface area contributed by atoms with E-state index in [-0.39, 0.29) is 5.91 Å². The van der Waals surface area contributed by atoms with Crippen molar-refractivity contribution in [1.29, 1.82) is 0 Å². The van der Waals surface area contributed by atoms with Crippen LogP contribution >= 0.6 is 11.8 Å². The number of rotatable bonds is 6. The molecule has 2 rings (SSSR count). The van der Waals surface area contributed by atoms with Gasteiger partial charge in [0.05, 0.1) is 18.9 Å². The summed E-state index contributed by atoms with van der Waals surface area (Å²) in [5.41, 5.74) is 0.886. The monoisotopic (exact) mass is 293 g/mol. The van der Waals surface area contributed by atoms with Crippen LogP contribution in [0.5, 0.6) is 0 Å². The number of quaternary nitrogens is 1. The first-order valence-corrected chi connectivity index (χ1v) is 7.82. The zero-order valence-electron chi connectivity index (χ0n) is 11.6. The van der Waals surface area contributed by atoms with E-state index in [1.807, 2.05) is 30.3 Å². The van der Waals surface area contributed by atoms with Crippen LogP contribution < -0.4 is 10.2 Å². The Bertz CT molecular complexity index is 459. The Morgan fingerprint density at radius 1 is 1.40 bits per heavy atom. The lowest BCUT2D eigenvalue weighted by atomic mass is 10.3. The molecule has 0 bridgehead atoms. The molecule has 1 heterocycles. The van der Waals surface area contributed by atoms with Crippen LogP contribution in [-0.2, 0) is 9.53 Å². The summed E-state index contributed by atoms with van der Waals surface area (Å²) in [7, 11) is 0. The number of para-hydroxylation sites is 1. The number of hydrogen-bond acceptors (Lipinski definition) is 3. The van der Waals surface area contributed by atoms with Gasteiger partial charge in [0.1, 0.15) is 13.1 Å². The van der Waals surface area contributed by atoms with E-state index in [0.29, 0.717) is 6.54 Å². The van der Waals surface area contributed by atoms with Crippen molar-refractivity contribution in [1.82, 2.24) is 0 Å². The minimum atomic E-state index is 0.0635. The largest absolute Gasteiger partial charge is 0.370 e. The maximum Gasteiger partial charge on any atom is 0.279 e. The second kappa shape index (κ2) is 8.09. The summed E-state index contributed by atoms with van der Waals surface area (Å²) in [6, 6.07) is 7.88. The summed E-state index contributed by atoms with van der Waals surface area (Å²) in [6.45, 7) is 7.52. The highest BCUT2D eigenvalue weighted by atomic mass is 32.2. The van der Waals surface area contributed by atoms with Gasteiger partial charge in [0.2, 0.25) is 0 Å². The number of benzene rings is 1. The first-order valence-electron chi connectivity index (χ1n) is 6.83. The van der Waals surface area contributed by atoms with Crippen molar-refractivity contribution in [3.8, 4) is 0 Å². The summed E-state index contributed by atoms with van der Waals surface area (Å²) in [6.07, 6.45) is 1.86. The summed E-state index contributed by atoms with van der Waals surface area (Å²) in [5.74, 6) is 0.898. The van der Waals surface area contributed by atoms with Crippen LogP contribution in [-0.4, -0.2) is 44.5 Å². The topological polar surface area (TPSA) is 42.8 Å². The molecule has 1 amide bonds. The molecule has 0 aliphatic carbocycles. The van der Waals surface area contributed by atoms with E-state index >= 15 is 0 Å². The van der Waals surface area contributed by atoms with Crippen molar-refractivity contribution >= 4 is 23.4 Å². The summed E-state index contributed by atoms with van der Waals surface area (Å²) < 4.78 is 5.30. The molecule has 0 spiro atoms. The average Bonchev–Trinajstić information content (AvgIpc) is 2.47.